The topological polar surface area (TPSA) is 26.3 Å². The van der Waals surface area contributed by atoms with Crippen molar-refractivity contribution in [2.75, 3.05) is 0 Å². The van der Waals surface area contributed by atoms with Crippen LogP contribution in [0.1, 0.15) is 42.1 Å². The molecule has 0 unspecified atom stereocenters. The summed E-state index contributed by atoms with van der Waals surface area (Å²) >= 11 is 0. The summed E-state index contributed by atoms with van der Waals surface area (Å²) < 4.78 is 45.8. The van der Waals surface area contributed by atoms with Gasteiger partial charge in [-0.25, -0.2) is 18.0 Å². The lowest BCUT2D eigenvalue weighted by Gasteiger charge is -2.08. The molecule has 0 bridgehead atoms. The summed E-state index contributed by atoms with van der Waals surface area (Å²) in [6, 6.07) is 11.9. The number of rotatable bonds is 6. The van der Waals surface area contributed by atoms with Crippen molar-refractivity contribution in [3.63, 3.8) is 0 Å². The maximum Gasteiger partial charge on any atom is 0.343 e. The number of carbonyl (C=O) groups is 1. The normalized spacial score (nSPS) is 11.0. The summed E-state index contributed by atoms with van der Waals surface area (Å²) in [5, 5.41) is -0.00555. The zero-order chi connectivity index (χ0) is 19.4. The van der Waals surface area contributed by atoms with Gasteiger partial charge in [-0.05, 0) is 54.1 Å². The molecule has 0 saturated heterocycles. The second-order valence-electron chi connectivity index (χ2n) is 6.41. The number of aryl methyl sites for hydroxylation is 1. The molecule has 0 N–H and O–H groups in total. The average Bonchev–Trinajstić information content (AvgIpc) is 2.67. The van der Waals surface area contributed by atoms with E-state index >= 15 is 0 Å². The highest BCUT2D eigenvalue weighted by atomic mass is 19.2. The van der Waals surface area contributed by atoms with E-state index in [4.69, 9.17) is 4.74 Å². The molecule has 5 heteroatoms. The standard InChI is InChI=1S/C22H19F3O2/c1-2-3-4-5-14-6-9-17(10-7-14)27-22(26)15-8-11-18-16(12-15)13-19(23)21(25)20(18)24/h6-13H,2-5H2,1H3. The van der Waals surface area contributed by atoms with E-state index in [0.29, 0.717) is 5.75 Å². The van der Waals surface area contributed by atoms with Gasteiger partial charge in [0.05, 0.1) is 5.56 Å². The van der Waals surface area contributed by atoms with Crippen molar-refractivity contribution in [3.8, 4) is 5.75 Å². The lowest BCUT2D eigenvalue weighted by molar-refractivity contribution is 0.0735. The van der Waals surface area contributed by atoms with Crippen molar-refractivity contribution in [3.05, 3.63) is 77.1 Å². The molecular formula is C22H19F3O2. The first-order chi connectivity index (χ1) is 13.0. The van der Waals surface area contributed by atoms with Gasteiger partial charge >= 0.3 is 5.97 Å². The maximum absolute atomic E-state index is 13.8. The summed E-state index contributed by atoms with van der Waals surface area (Å²) in [5.74, 6) is -4.37. The number of esters is 1. The van der Waals surface area contributed by atoms with Gasteiger partial charge in [0.15, 0.2) is 17.5 Å². The lowest BCUT2D eigenvalue weighted by Crippen LogP contribution is -2.08. The quantitative estimate of drug-likeness (QED) is 0.223. The van der Waals surface area contributed by atoms with Crippen molar-refractivity contribution in [1.82, 2.24) is 0 Å². The molecule has 2 nitrogen and oxygen atoms in total. The van der Waals surface area contributed by atoms with Gasteiger partial charge in [-0.1, -0.05) is 38.0 Å². The Labute approximate surface area is 155 Å². The Kier molecular flexibility index (Phi) is 5.79. The molecule has 0 radical (unpaired) electrons. The van der Waals surface area contributed by atoms with E-state index in [1.807, 2.05) is 12.1 Å². The fraction of sp³-hybridized carbons (Fsp3) is 0.227. The predicted molar refractivity (Wildman–Crippen MR) is 98.5 cm³/mol. The number of carbonyl (C=O) groups excluding carboxylic acids is 1. The molecule has 0 fully saturated rings. The second-order valence-corrected chi connectivity index (χ2v) is 6.41. The van der Waals surface area contributed by atoms with E-state index in [1.54, 1.807) is 12.1 Å². The van der Waals surface area contributed by atoms with Crippen LogP contribution < -0.4 is 4.74 Å². The molecule has 0 spiro atoms. The molecule has 3 aromatic rings. The van der Waals surface area contributed by atoms with Gasteiger partial charge in [0.25, 0.3) is 0 Å². The first-order valence-electron chi connectivity index (χ1n) is 8.88. The number of fused-ring (bicyclic) bond motifs is 1. The van der Waals surface area contributed by atoms with Crippen molar-refractivity contribution in [2.45, 2.75) is 32.6 Å². The molecule has 140 valence electrons. The number of ether oxygens (including phenoxy) is 1. The van der Waals surface area contributed by atoms with Crippen molar-refractivity contribution in [2.24, 2.45) is 0 Å². The highest BCUT2D eigenvalue weighted by Gasteiger charge is 2.16. The zero-order valence-corrected chi connectivity index (χ0v) is 14.9. The summed E-state index contributed by atoms with van der Waals surface area (Å²) in [6.45, 7) is 2.15. The van der Waals surface area contributed by atoms with Crippen molar-refractivity contribution >= 4 is 16.7 Å². The average molecular weight is 372 g/mol. The van der Waals surface area contributed by atoms with Crippen LogP contribution in [0.25, 0.3) is 10.8 Å². The Bertz CT molecular complexity index is 965. The molecule has 3 aromatic carbocycles. The number of benzene rings is 3. The summed E-state index contributed by atoms with van der Waals surface area (Å²) in [6.07, 6.45) is 4.41. The first kappa shape index (κ1) is 19.0. The second kappa shape index (κ2) is 8.25. The Morgan fingerprint density at radius 1 is 0.926 bits per heavy atom. The highest BCUT2D eigenvalue weighted by Crippen LogP contribution is 2.25. The molecule has 0 aliphatic rings. The first-order valence-corrected chi connectivity index (χ1v) is 8.88. The third kappa shape index (κ3) is 4.30. The highest BCUT2D eigenvalue weighted by molar-refractivity contribution is 5.96. The van der Waals surface area contributed by atoms with E-state index in [0.717, 1.165) is 25.3 Å². The number of hydrogen-bond acceptors (Lipinski definition) is 2. The SMILES string of the molecule is CCCCCc1ccc(OC(=O)c2ccc3c(F)c(F)c(F)cc3c2)cc1. The van der Waals surface area contributed by atoms with E-state index < -0.39 is 23.4 Å². The third-order valence-electron chi connectivity index (χ3n) is 4.41. The molecule has 0 amide bonds. The van der Waals surface area contributed by atoms with Crippen molar-refractivity contribution in [1.29, 1.82) is 0 Å². The van der Waals surface area contributed by atoms with Crippen molar-refractivity contribution < 1.29 is 22.7 Å². The smallest absolute Gasteiger partial charge is 0.343 e. The lowest BCUT2D eigenvalue weighted by atomic mass is 10.1. The molecule has 0 aliphatic carbocycles. The van der Waals surface area contributed by atoms with Crippen LogP contribution in [0.5, 0.6) is 5.75 Å². The van der Waals surface area contributed by atoms with Crippen LogP contribution in [0.15, 0.2) is 48.5 Å². The zero-order valence-electron chi connectivity index (χ0n) is 14.9. The summed E-state index contributed by atoms with van der Waals surface area (Å²) in [4.78, 5) is 12.3. The van der Waals surface area contributed by atoms with E-state index in [-0.39, 0.29) is 16.3 Å². The third-order valence-corrected chi connectivity index (χ3v) is 4.41. The van der Waals surface area contributed by atoms with E-state index in [2.05, 4.69) is 6.92 Å². The van der Waals surface area contributed by atoms with Crippen LogP contribution in [0.3, 0.4) is 0 Å². The molecule has 0 aromatic heterocycles. The fourth-order valence-corrected chi connectivity index (χ4v) is 2.90. The molecule has 3 rings (SSSR count). The minimum Gasteiger partial charge on any atom is -0.423 e. The molecular weight excluding hydrogens is 353 g/mol. The number of hydrogen-bond donors (Lipinski definition) is 0. The van der Waals surface area contributed by atoms with Gasteiger partial charge < -0.3 is 4.74 Å². The predicted octanol–water partition coefficient (Wildman–Crippen LogP) is 6.21. The van der Waals surface area contributed by atoms with Gasteiger partial charge in [0.1, 0.15) is 5.75 Å². The maximum atomic E-state index is 13.8. The summed E-state index contributed by atoms with van der Waals surface area (Å²) in [5.41, 5.74) is 1.29. The molecule has 0 saturated carbocycles. The van der Waals surface area contributed by atoms with Gasteiger partial charge in [-0.3, -0.25) is 0 Å². The van der Waals surface area contributed by atoms with Crippen LogP contribution in [0.4, 0.5) is 13.2 Å². The van der Waals surface area contributed by atoms with Crippen LogP contribution in [-0.4, -0.2) is 5.97 Å². The summed E-state index contributed by atoms with van der Waals surface area (Å²) in [7, 11) is 0. The monoisotopic (exact) mass is 372 g/mol. The minimum absolute atomic E-state index is 0.0899. The van der Waals surface area contributed by atoms with Crippen LogP contribution >= 0.6 is 0 Å². The van der Waals surface area contributed by atoms with Gasteiger partial charge in [-0.15, -0.1) is 0 Å². The van der Waals surface area contributed by atoms with E-state index in [1.165, 1.54) is 30.2 Å². The number of halogens is 3. The van der Waals surface area contributed by atoms with Crippen LogP contribution in [0.2, 0.25) is 0 Å². The van der Waals surface area contributed by atoms with Crippen LogP contribution in [0, 0.1) is 17.5 Å². The van der Waals surface area contributed by atoms with Crippen LogP contribution in [-0.2, 0) is 6.42 Å². The molecule has 0 heterocycles. The Hall–Kier alpha value is -2.82. The van der Waals surface area contributed by atoms with Gasteiger partial charge in [0.2, 0.25) is 0 Å². The van der Waals surface area contributed by atoms with Gasteiger partial charge in [-0.2, -0.15) is 0 Å². The molecule has 0 atom stereocenters. The number of unbranched alkanes of at least 4 members (excludes halogenated alkanes) is 2. The Balaban J connectivity index is 1.75. The Morgan fingerprint density at radius 3 is 2.37 bits per heavy atom. The molecule has 0 aliphatic heterocycles. The largest absolute Gasteiger partial charge is 0.423 e. The fourth-order valence-electron chi connectivity index (χ4n) is 2.90. The van der Waals surface area contributed by atoms with Gasteiger partial charge in [0, 0.05) is 5.39 Å². The Morgan fingerprint density at radius 2 is 1.67 bits per heavy atom. The van der Waals surface area contributed by atoms with E-state index in [9.17, 15) is 18.0 Å². The minimum atomic E-state index is -1.53. The molecule has 27 heavy (non-hydrogen) atoms.